The van der Waals surface area contributed by atoms with Gasteiger partial charge in [0.1, 0.15) is 5.75 Å². The zero-order valence-corrected chi connectivity index (χ0v) is 15.2. The van der Waals surface area contributed by atoms with Crippen LogP contribution in [0.15, 0.2) is 30.6 Å². The third kappa shape index (κ3) is 3.85. The Hall–Kier alpha value is -2.87. The summed E-state index contributed by atoms with van der Waals surface area (Å²) in [6.07, 6.45) is 2.40. The van der Waals surface area contributed by atoms with Gasteiger partial charge in [0.2, 0.25) is 5.95 Å². The van der Waals surface area contributed by atoms with Gasteiger partial charge in [-0.15, -0.1) is 0 Å². The minimum absolute atomic E-state index is 0.119. The number of methoxy groups -OCH3 is 1. The summed E-state index contributed by atoms with van der Waals surface area (Å²) in [5.74, 6) is 1.88. The number of hydrogen-bond donors (Lipinski definition) is 3. The molecular formula is C18H24N6O2. The van der Waals surface area contributed by atoms with Crippen molar-refractivity contribution in [3.05, 3.63) is 30.6 Å². The van der Waals surface area contributed by atoms with E-state index >= 15 is 0 Å². The standard InChI is InChI=1S/C18H24N6O2/c1-12(2)24-11-20-15-16(21-13-6-4-7-14(10-13)26-3)22-18(23-17(15)24)19-8-5-9-25/h4,6-7,10-12,25H,5,8-9H2,1-3H3,(H2,19,21,22,23). The van der Waals surface area contributed by atoms with Crippen LogP contribution in [-0.2, 0) is 0 Å². The van der Waals surface area contributed by atoms with E-state index in [0.29, 0.717) is 30.2 Å². The molecule has 8 heteroatoms. The van der Waals surface area contributed by atoms with Gasteiger partial charge in [-0.05, 0) is 32.4 Å². The molecule has 0 unspecified atom stereocenters. The van der Waals surface area contributed by atoms with Crippen LogP contribution in [0.25, 0.3) is 11.2 Å². The van der Waals surface area contributed by atoms with E-state index in [1.807, 2.05) is 28.8 Å². The average molecular weight is 356 g/mol. The molecule has 0 bridgehead atoms. The zero-order valence-electron chi connectivity index (χ0n) is 15.2. The highest BCUT2D eigenvalue weighted by atomic mass is 16.5. The first-order valence-corrected chi connectivity index (χ1v) is 8.62. The Morgan fingerprint density at radius 1 is 1.27 bits per heavy atom. The molecule has 3 rings (SSSR count). The fourth-order valence-electron chi connectivity index (χ4n) is 2.58. The Morgan fingerprint density at radius 3 is 2.85 bits per heavy atom. The number of imidazole rings is 1. The summed E-state index contributed by atoms with van der Waals surface area (Å²) in [5, 5.41) is 15.4. The fourth-order valence-corrected chi connectivity index (χ4v) is 2.58. The summed E-state index contributed by atoms with van der Waals surface area (Å²) in [6.45, 7) is 4.87. The van der Waals surface area contributed by atoms with Crippen LogP contribution >= 0.6 is 0 Å². The molecule has 26 heavy (non-hydrogen) atoms. The molecule has 0 radical (unpaired) electrons. The van der Waals surface area contributed by atoms with Crippen LogP contribution in [0.4, 0.5) is 17.5 Å². The zero-order chi connectivity index (χ0) is 18.5. The van der Waals surface area contributed by atoms with E-state index in [0.717, 1.165) is 17.1 Å². The lowest BCUT2D eigenvalue weighted by molar-refractivity contribution is 0.292. The number of hydrogen-bond acceptors (Lipinski definition) is 7. The molecule has 3 aromatic rings. The third-order valence-electron chi connectivity index (χ3n) is 3.93. The van der Waals surface area contributed by atoms with Crippen molar-refractivity contribution >= 4 is 28.6 Å². The van der Waals surface area contributed by atoms with Gasteiger partial charge in [-0.1, -0.05) is 6.07 Å². The molecule has 0 aliphatic rings. The minimum atomic E-state index is 0.119. The van der Waals surface area contributed by atoms with Gasteiger partial charge in [-0.25, -0.2) is 4.98 Å². The number of nitrogens with zero attached hydrogens (tertiary/aromatic N) is 4. The summed E-state index contributed by atoms with van der Waals surface area (Å²) in [7, 11) is 1.63. The molecule has 2 aromatic heterocycles. The first-order chi connectivity index (χ1) is 12.6. The van der Waals surface area contributed by atoms with Crippen molar-refractivity contribution in [2.24, 2.45) is 0 Å². The first kappa shape index (κ1) is 17.9. The van der Waals surface area contributed by atoms with E-state index in [1.165, 1.54) is 0 Å². The largest absolute Gasteiger partial charge is 0.497 e. The number of aliphatic hydroxyl groups excluding tert-OH is 1. The van der Waals surface area contributed by atoms with E-state index in [4.69, 9.17) is 9.84 Å². The monoisotopic (exact) mass is 356 g/mol. The molecule has 138 valence electrons. The molecule has 0 fully saturated rings. The molecule has 2 heterocycles. The van der Waals surface area contributed by atoms with Gasteiger partial charge in [0.25, 0.3) is 0 Å². The second-order valence-corrected chi connectivity index (χ2v) is 6.17. The van der Waals surface area contributed by atoms with Gasteiger partial charge in [0.05, 0.1) is 13.4 Å². The third-order valence-corrected chi connectivity index (χ3v) is 3.93. The molecule has 0 aliphatic carbocycles. The van der Waals surface area contributed by atoms with Crippen molar-refractivity contribution in [3.63, 3.8) is 0 Å². The topological polar surface area (TPSA) is 97.1 Å². The van der Waals surface area contributed by atoms with Crippen LogP contribution in [0.2, 0.25) is 0 Å². The van der Waals surface area contributed by atoms with Gasteiger partial charge in [-0.2, -0.15) is 9.97 Å². The van der Waals surface area contributed by atoms with E-state index in [2.05, 4.69) is 39.4 Å². The Balaban J connectivity index is 2.00. The van der Waals surface area contributed by atoms with Crippen molar-refractivity contribution in [1.29, 1.82) is 0 Å². The molecule has 1 aromatic carbocycles. The van der Waals surface area contributed by atoms with E-state index in [9.17, 15) is 0 Å². The van der Waals surface area contributed by atoms with E-state index < -0.39 is 0 Å². The van der Waals surface area contributed by atoms with E-state index in [-0.39, 0.29) is 12.6 Å². The Kier molecular flexibility index (Phi) is 5.52. The van der Waals surface area contributed by atoms with Crippen LogP contribution in [0.3, 0.4) is 0 Å². The van der Waals surface area contributed by atoms with Gasteiger partial charge >= 0.3 is 0 Å². The maximum absolute atomic E-state index is 8.98. The van der Waals surface area contributed by atoms with Crippen molar-refractivity contribution in [1.82, 2.24) is 19.5 Å². The number of ether oxygens (including phenoxy) is 1. The maximum atomic E-state index is 8.98. The highest BCUT2D eigenvalue weighted by Crippen LogP contribution is 2.27. The molecule has 0 saturated heterocycles. The van der Waals surface area contributed by atoms with Crippen molar-refractivity contribution in [2.45, 2.75) is 26.3 Å². The molecule has 0 spiro atoms. The van der Waals surface area contributed by atoms with Crippen LogP contribution < -0.4 is 15.4 Å². The number of rotatable bonds is 8. The molecular weight excluding hydrogens is 332 g/mol. The number of nitrogens with one attached hydrogen (secondary N) is 2. The van der Waals surface area contributed by atoms with Crippen molar-refractivity contribution in [2.75, 3.05) is 30.9 Å². The quantitative estimate of drug-likeness (QED) is 0.534. The summed E-state index contributed by atoms with van der Waals surface area (Å²) < 4.78 is 7.28. The first-order valence-electron chi connectivity index (χ1n) is 8.62. The number of aliphatic hydroxyl groups is 1. The molecule has 3 N–H and O–H groups in total. The lowest BCUT2D eigenvalue weighted by Crippen LogP contribution is -2.10. The molecule has 0 saturated carbocycles. The van der Waals surface area contributed by atoms with Crippen LogP contribution in [-0.4, -0.2) is 44.9 Å². The number of benzene rings is 1. The average Bonchev–Trinajstić information content (AvgIpc) is 3.07. The minimum Gasteiger partial charge on any atom is -0.497 e. The Labute approximate surface area is 152 Å². The van der Waals surface area contributed by atoms with Gasteiger partial charge < -0.3 is 25.0 Å². The number of anilines is 3. The van der Waals surface area contributed by atoms with Crippen LogP contribution in [0.5, 0.6) is 5.75 Å². The van der Waals surface area contributed by atoms with E-state index in [1.54, 1.807) is 13.4 Å². The highest BCUT2D eigenvalue weighted by Gasteiger charge is 2.15. The maximum Gasteiger partial charge on any atom is 0.226 e. The molecule has 8 nitrogen and oxygen atoms in total. The van der Waals surface area contributed by atoms with Crippen molar-refractivity contribution in [3.8, 4) is 5.75 Å². The lowest BCUT2D eigenvalue weighted by Gasteiger charge is -2.12. The molecule has 0 aliphatic heterocycles. The van der Waals surface area contributed by atoms with Crippen LogP contribution in [0.1, 0.15) is 26.3 Å². The fraction of sp³-hybridized carbons (Fsp3) is 0.389. The SMILES string of the molecule is COc1cccc(Nc2nc(NCCCO)nc3c2ncn3C(C)C)c1. The lowest BCUT2D eigenvalue weighted by atomic mass is 10.3. The van der Waals surface area contributed by atoms with Gasteiger partial charge in [-0.3, -0.25) is 0 Å². The molecule has 0 atom stereocenters. The predicted octanol–water partition coefficient (Wildman–Crippen LogP) is 2.95. The summed E-state index contributed by atoms with van der Waals surface area (Å²) >= 11 is 0. The number of aromatic nitrogens is 4. The second-order valence-electron chi connectivity index (χ2n) is 6.17. The molecule has 0 amide bonds. The van der Waals surface area contributed by atoms with Gasteiger partial charge in [0, 0.05) is 30.9 Å². The second kappa shape index (κ2) is 8.01. The normalized spacial score (nSPS) is 11.1. The van der Waals surface area contributed by atoms with Crippen molar-refractivity contribution < 1.29 is 9.84 Å². The summed E-state index contributed by atoms with van der Waals surface area (Å²) in [4.78, 5) is 13.7. The smallest absolute Gasteiger partial charge is 0.226 e. The van der Waals surface area contributed by atoms with Crippen LogP contribution in [0, 0.1) is 0 Å². The Bertz CT molecular complexity index is 877. The summed E-state index contributed by atoms with van der Waals surface area (Å²) in [6, 6.07) is 7.86. The summed E-state index contributed by atoms with van der Waals surface area (Å²) in [5.41, 5.74) is 2.31. The van der Waals surface area contributed by atoms with Gasteiger partial charge in [0.15, 0.2) is 17.0 Å². The highest BCUT2D eigenvalue weighted by molar-refractivity contribution is 5.86. The number of fused-ring (bicyclic) bond motifs is 1. The Morgan fingerprint density at radius 2 is 2.12 bits per heavy atom. The predicted molar refractivity (Wildman–Crippen MR) is 102 cm³/mol.